The van der Waals surface area contributed by atoms with Crippen molar-refractivity contribution in [1.29, 1.82) is 0 Å². The maximum absolute atomic E-state index is 14.8. The van der Waals surface area contributed by atoms with Gasteiger partial charge in [-0.25, -0.2) is 0 Å². The molecule has 0 aromatic rings. The molecular weight excluding hydrogens is 537 g/mol. The van der Waals surface area contributed by atoms with Gasteiger partial charge in [-0.1, -0.05) is 78.0 Å². The average Bonchev–Trinajstić information content (AvgIpc) is 2.98. The van der Waals surface area contributed by atoms with Gasteiger partial charge in [0.05, 0.1) is 12.7 Å². The molecule has 1 saturated heterocycles. The molecule has 2 fully saturated rings. The summed E-state index contributed by atoms with van der Waals surface area (Å²) >= 11 is 0. The molecule has 40 heavy (non-hydrogen) atoms. The van der Waals surface area contributed by atoms with E-state index in [1.165, 1.54) is 6.92 Å². The second-order valence-electron chi connectivity index (χ2n) is 15.2. The molecule has 8 heteroatoms. The molecule has 1 saturated carbocycles. The molecule has 0 aromatic carbocycles. The van der Waals surface area contributed by atoms with Gasteiger partial charge in [-0.2, -0.15) is 0 Å². The lowest BCUT2D eigenvalue weighted by molar-refractivity contribution is -0.178. The lowest BCUT2D eigenvalue weighted by atomic mass is 9.56. The number of carbonyl (C=O) groups excluding carboxylic acids is 2. The second kappa shape index (κ2) is 11.4. The van der Waals surface area contributed by atoms with Crippen molar-refractivity contribution in [2.45, 2.75) is 136 Å². The molecule has 0 unspecified atom stereocenters. The van der Waals surface area contributed by atoms with E-state index in [0.717, 1.165) is 11.1 Å². The molecule has 6 atom stereocenters. The van der Waals surface area contributed by atoms with Crippen molar-refractivity contribution in [2.75, 3.05) is 6.61 Å². The zero-order valence-corrected chi connectivity index (χ0v) is 29.7. The van der Waals surface area contributed by atoms with Gasteiger partial charge in [-0.05, 0) is 57.0 Å². The molecule has 6 nitrogen and oxygen atoms in total. The third-order valence-electron chi connectivity index (χ3n) is 10.1. The predicted molar refractivity (Wildman–Crippen MR) is 168 cm³/mol. The quantitative estimate of drug-likeness (QED) is 0.112. The highest BCUT2D eigenvalue weighted by atomic mass is 28.4. The molecule has 0 N–H and O–H groups in total. The fourth-order valence-electron chi connectivity index (χ4n) is 5.51. The van der Waals surface area contributed by atoms with Crippen molar-refractivity contribution in [1.82, 2.24) is 0 Å². The van der Waals surface area contributed by atoms with Crippen LogP contribution < -0.4 is 0 Å². The number of ketones is 1. The maximum atomic E-state index is 14.8. The molecule has 2 bridgehead atoms. The first-order chi connectivity index (χ1) is 17.9. The molecular formula is C32H56O6Si2. The van der Waals surface area contributed by atoms with Crippen molar-refractivity contribution < 1.29 is 27.9 Å². The van der Waals surface area contributed by atoms with E-state index in [2.05, 4.69) is 80.9 Å². The van der Waals surface area contributed by atoms with Crippen LogP contribution in [0.5, 0.6) is 0 Å². The Bertz CT molecular complexity index is 1050. The Morgan fingerprint density at radius 2 is 1.55 bits per heavy atom. The number of carbonyl (C=O) groups is 2. The zero-order chi connectivity index (χ0) is 31.3. The average molecular weight is 593 g/mol. The van der Waals surface area contributed by atoms with Gasteiger partial charge in [0.1, 0.15) is 17.6 Å². The van der Waals surface area contributed by atoms with Gasteiger partial charge < -0.3 is 18.3 Å². The Labute approximate surface area is 246 Å². The SMILES string of the molecule is C=C/C(C)=C/C[C@H](OC(C)=O)[C@]12CO[C@@](C)(C1=O)[C@@H](O[Si](C)(C)C(C)(C)C)[C@H](O[Si](C)(C)C(C)(C)C)[C@@H]2C(=C)C. The van der Waals surface area contributed by atoms with Gasteiger partial charge in [0, 0.05) is 19.3 Å². The van der Waals surface area contributed by atoms with Crippen molar-refractivity contribution in [3.05, 3.63) is 36.5 Å². The van der Waals surface area contributed by atoms with Crippen LogP contribution in [-0.2, 0) is 27.9 Å². The van der Waals surface area contributed by atoms with Crippen molar-refractivity contribution in [3.8, 4) is 0 Å². The third-order valence-corrected chi connectivity index (χ3v) is 19.0. The molecule has 2 rings (SSSR count). The van der Waals surface area contributed by atoms with E-state index in [1.807, 2.05) is 26.8 Å². The molecule has 228 valence electrons. The fourth-order valence-corrected chi connectivity index (χ4v) is 8.15. The van der Waals surface area contributed by atoms with Crippen LogP contribution in [0.3, 0.4) is 0 Å². The van der Waals surface area contributed by atoms with Crippen molar-refractivity contribution in [3.63, 3.8) is 0 Å². The lowest BCUT2D eigenvalue weighted by Gasteiger charge is -2.56. The topological polar surface area (TPSA) is 71.1 Å². The van der Waals surface area contributed by atoms with Crippen LogP contribution in [0.25, 0.3) is 0 Å². The number of allylic oxidation sites excluding steroid dienone is 2. The number of ether oxygens (including phenoxy) is 2. The van der Waals surface area contributed by atoms with E-state index in [0.29, 0.717) is 6.42 Å². The lowest BCUT2D eigenvalue weighted by Crippen LogP contribution is -2.71. The van der Waals surface area contributed by atoms with E-state index in [4.69, 9.17) is 18.3 Å². The van der Waals surface area contributed by atoms with Crippen LogP contribution in [-0.4, -0.2) is 58.9 Å². The smallest absolute Gasteiger partial charge is 0.302 e. The summed E-state index contributed by atoms with van der Waals surface area (Å²) in [4.78, 5) is 27.3. The molecule has 2 aliphatic rings. The Hall–Kier alpha value is -1.33. The summed E-state index contributed by atoms with van der Waals surface area (Å²) in [7, 11) is -4.76. The number of Topliss-reactive ketones (excluding diaryl/α,β-unsaturated/α-hetero) is 1. The normalized spacial score (nSPS) is 30.7. The largest absolute Gasteiger partial charge is 0.461 e. The standard InChI is InChI=1S/C32H56O6Si2/c1-17-22(4)18-19-24(36-23(5)33)32-20-35-31(12,28(32)34)27(38-40(15,16)30(9,10)11)26(25(32)21(2)3)37-39(13,14)29(6,7)8/h17-18,24-27H,1-2,19-20H2,3-16H3/b22-18+/t24-,25-,26+,27-,31+,32-/m0/s1. The molecule has 1 aliphatic heterocycles. The highest BCUT2D eigenvalue weighted by Crippen LogP contribution is 2.59. The van der Waals surface area contributed by atoms with Crippen LogP contribution in [0.2, 0.25) is 36.3 Å². The van der Waals surface area contributed by atoms with Gasteiger partial charge in [0.25, 0.3) is 0 Å². The Balaban J connectivity index is 2.89. The fraction of sp³-hybridized carbons (Fsp3) is 0.750. The third kappa shape index (κ3) is 6.21. The summed E-state index contributed by atoms with van der Waals surface area (Å²) in [5, 5.41) is -0.171. The van der Waals surface area contributed by atoms with Crippen molar-refractivity contribution in [2.24, 2.45) is 11.3 Å². The van der Waals surface area contributed by atoms with Gasteiger partial charge in [-0.3, -0.25) is 9.59 Å². The summed E-state index contributed by atoms with van der Waals surface area (Å²) in [5.41, 5.74) is -0.678. The van der Waals surface area contributed by atoms with Gasteiger partial charge in [0.2, 0.25) is 0 Å². The summed E-state index contributed by atoms with van der Waals surface area (Å²) in [6.07, 6.45) is 2.19. The van der Waals surface area contributed by atoms with E-state index in [9.17, 15) is 9.59 Å². The number of rotatable bonds is 10. The van der Waals surface area contributed by atoms with Gasteiger partial charge in [-0.15, -0.1) is 0 Å². The highest BCUT2D eigenvalue weighted by Gasteiger charge is 2.74. The Morgan fingerprint density at radius 3 is 1.98 bits per heavy atom. The summed E-state index contributed by atoms with van der Waals surface area (Å²) in [6, 6.07) is 0. The highest BCUT2D eigenvalue weighted by molar-refractivity contribution is 6.74. The maximum Gasteiger partial charge on any atom is 0.302 e. The summed E-state index contributed by atoms with van der Waals surface area (Å²) in [5.74, 6) is -1.00. The minimum atomic E-state index is -2.38. The molecule has 0 radical (unpaired) electrons. The van der Waals surface area contributed by atoms with Crippen LogP contribution in [0.15, 0.2) is 36.5 Å². The molecule has 1 heterocycles. The monoisotopic (exact) mass is 592 g/mol. The number of hydrogen-bond donors (Lipinski definition) is 0. The summed E-state index contributed by atoms with van der Waals surface area (Å²) < 4.78 is 27.0. The zero-order valence-electron chi connectivity index (χ0n) is 27.7. The molecule has 0 aromatic heterocycles. The van der Waals surface area contributed by atoms with E-state index >= 15 is 0 Å². The Morgan fingerprint density at radius 1 is 1.05 bits per heavy atom. The minimum absolute atomic E-state index is 0.0807. The first kappa shape index (κ1) is 34.9. The first-order valence-corrected chi connectivity index (χ1v) is 20.4. The van der Waals surface area contributed by atoms with E-state index < -0.39 is 57.8 Å². The predicted octanol–water partition coefficient (Wildman–Crippen LogP) is 7.77. The number of esters is 1. The summed E-state index contributed by atoms with van der Waals surface area (Å²) in [6.45, 7) is 37.5. The van der Waals surface area contributed by atoms with Crippen molar-refractivity contribution >= 4 is 28.4 Å². The minimum Gasteiger partial charge on any atom is -0.461 e. The first-order valence-electron chi connectivity index (χ1n) is 14.6. The second-order valence-corrected chi connectivity index (χ2v) is 24.7. The van der Waals surface area contributed by atoms with E-state index in [1.54, 1.807) is 6.08 Å². The number of fused-ring (bicyclic) bond motifs is 2. The van der Waals surface area contributed by atoms with Gasteiger partial charge >= 0.3 is 5.97 Å². The Kier molecular flexibility index (Phi) is 9.94. The molecule has 0 amide bonds. The molecule has 0 spiro atoms. The molecule has 1 aliphatic carbocycles. The van der Waals surface area contributed by atoms with Crippen LogP contribution in [0.1, 0.15) is 75.7 Å². The van der Waals surface area contributed by atoms with Crippen LogP contribution in [0, 0.1) is 11.3 Å². The van der Waals surface area contributed by atoms with Crippen LogP contribution >= 0.6 is 0 Å². The van der Waals surface area contributed by atoms with Gasteiger partial charge in [0.15, 0.2) is 28.0 Å². The van der Waals surface area contributed by atoms with Crippen LogP contribution in [0.4, 0.5) is 0 Å². The van der Waals surface area contributed by atoms with E-state index in [-0.39, 0.29) is 22.5 Å². The number of hydrogen-bond acceptors (Lipinski definition) is 6.